The SMILES string of the molecule is COCCOc1cccc(S(=O)(=O)Nc2cnc3c(Cl)cccc3n2)c1. The minimum Gasteiger partial charge on any atom is -0.491 e. The largest absolute Gasteiger partial charge is 0.491 e. The van der Waals surface area contributed by atoms with Crippen LogP contribution in [0.1, 0.15) is 0 Å². The van der Waals surface area contributed by atoms with E-state index in [1.807, 2.05) is 0 Å². The molecule has 7 nitrogen and oxygen atoms in total. The van der Waals surface area contributed by atoms with Crippen LogP contribution in [0.25, 0.3) is 11.0 Å². The van der Waals surface area contributed by atoms with E-state index in [0.717, 1.165) is 0 Å². The van der Waals surface area contributed by atoms with Gasteiger partial charge in [0.2, 0.25) is 0 Å². The molecule has 0 bridgehead atoms. The van der Waals surface area contributed by atoms with Crippen molar-refractivity contribution in [2.45, 2.75) is 4.90 Å². The molecule has 0 amide bonds. The Hall–Kier alpha value is -2.42. The third-order valence-electron chi connectivity index (χ3n) is 3.43. The predicted molar refractivity (Wildman–Crippen MR) is 99.2 cm³/mol. The van der Waals surface area contributed by atoms with E-state index in [2.05, 4.69) is 14.7 Å². The molecular weight excluding hydrogens is 378 g/mol. The maximum atomic E-state index is 12.6. The van der Waals surface area contributed by atoms with Crippen molar-refractivity contribution in [2.24, 2.45) is 0 Å². The number of sulfonamides is 1. The van der Waals surface area contributed by atoms with Crippen molar-refractivity contribution in [3.05, 3.63) is 53.7 Å². The summed E-state index contributed by atoms with van der Waals surface area (Å²) >= 11 is 6.04. The standard InChI is InChI=1S/C17H16ClN3O4S/c1-24-8-9-25-12-4-2-5-13(10-12)26(22,23)21-16-11-19-17-14(18)6-3-7-15(17)20-16/h2-7,10-11H,8-9H2,1H3,(H,20,21). The van der Waals surface area contributed by atoms with Crippen LogP contribution in [0.3, 0.4) is 0 Å². The molecule has 0 aliphatic rings. The molecule has 3 aromatic rings. The van der Waals surface area contributed by atoms with Gasteiger partial charge in [-0.2, -0.15) is 0 Å². The predicted octanol–water partition coefficient (Wildman–Crippen LogP) is 3.11. The van der Waals surface area contributed by atoms with Crippen molar-refractivity contribution in [2.75, 3.05) is 25.0 Å². The summed E-state index contributed by atoms with van der Waals surface area (Å²) < 4.78 is 38.0. The van der Waals surface area contributed by atoms with Crippen LogP contribution in [0.5, 0.6) is 5.75 Å². The highest BCUT2D eigenvalue weighted by molar-refractivity contribution is 7.92. The first-order valence-electron chi connectivity index (χ1n) is 7.65. The number of rotatable bonds is 7. The number of anilines is 1. The van der Waals surface area contributed by atoms with Crippen molar-refractivity contribution >= 4 is 38.5 Å². The molecule has 2 aromatic carbocycles. The number of nitrogens with one attached hydrogen (secondary N) is 1. The third kappa shape index (κ3) is 4.21. The number of hydrogen-bond acceptors (Lipinski definition) is 6. The van der Waals surface area contributed by atoms with Gasteiger partial charge in [0.1, 0.15) is 17.9 Å². The Labute approximate surface area is 156 Å². The molecule has 1 N–H and O–H groups in total. The molecule has 0 unspecified atom stereocenters. The molecule has 0 fully saturated rings. The minimum absolute atomic E-state index is 0.0559. The summed E-state index contributed by atoms with van der Waals surface area (Å²) in [5.74, 6) is 0.534. The van der Waals surface area contributed by atoms with Crippen LogP contribution in [0.4, 0.5) is 5.82 Å². The van der Waals surface area contributed by atoms with Gasteiger partial charge in [-0.3, -0.25) is 4.72 Å². The first kappa shape index (κ1) is 18.4. The van der Waals surface area contributed by atoms with Crippen molar-refractivity contribution in [3.63, 3.8) is 0 Å². The summed E-state index contributed by atoms with van der Waals surface area (Å²) in [6, 6.07) is 11.3. The molecule has 9 heteroatoms. The zero-order valence-electron chi connectivity index (χ0n) is 13.8. The Kier molecular flexibility index (Phi) is 5.55. The van der Waals surface area contributed by atoms with Gasteiger partial charge in [0, 0.05) is 13.2 Å². The lowest BCUT2D eigenvalue weighted by Gasteiger charge is -2.10. The number of para-hydroxylation sites is 1. The van der Waals surface area contributed by atoms with Gasteiger partial charge in [0.15, 0.2) is 5.82 Å². The Morgan fingerprint density at radius 2 is 1.96 bits per heavy atom. The Morgan fingerprint density at radius 3 is 2.77 bits per heavy atom. The number of ether oxygens (including phenoxy) is 2. The number of halogens is 1. The van der Waals surface area contributed by atoms with Crippen LogP contribution in [0.2, 0.25) is 5.02 Å². The number of benzene rings is 2. The van der Waals surface area contributed by atoms with Gasteiger partial charge in [-0.15, -0.1) is 0 Å². The van der Waals surface area contributed by atoms with Crippen LogP contribution < -0.4 is 9.46 Å². The Bertz CT molecular complexity index is 1030. The smallest absolute Gasteiger partial charge is 0.263 e. The van der Waals surface area contributed by atoms with Gasteiger partial charge in [0.25, 0.3) is 10.0 Å². The maximum absolute atomic E-state index is 12.6. The van der Waals surface area contributed by atoms with E-state index >= 15 is 0 Å². The molecule has 0 saturated carbocycles. The highest BCUT2D eigenvalue weighted by Gasteiger charge is 2.16. The van der Waals surface area contributed by atoms with E-state index in [0.29, 0.717) is 35.0 Å². The van der Waals surface area contributed by atoms with Crippen molar-refractivity contribution in [1.29, 1.82) is 0 Å². The van der Waals surface area contributed by atoms with Gasteiger partial charge >= 0.3 is 0 Å². The molecule has 0 spiro atoms. The summed E-state index contributed by atoms with van der Waals surface area (Å²) in [6.07, 6.45) is 1.32. The van der Waals surface area contributed by atoms with E-state index in [1.165, 1.54) is 18.3 Å². The Morgan fingerprint density at radius 1 is 1.15 bits per heavy atom. The van der Waals surface area contributed by atoms with Crippen LogP contribution >= 0.6 is 11.6 Å². The lowest BCUT2D eigenvalue weighted by molar-refractivity contribution is 0.146. The normalized spacial score (nSPS) is 11.5. The quantitative estimate of drug-likeness (QED) is 0.620. The lowest BCUT2D eigenvalue weighted by Crippen LogP contribution is -2.14. The minimum atomic E-state index is -3.84. The van der Waals surface area contributed by atoms with Gasteiger partial charge in [-0.25, -0.2) is 18.4 Å². The fourth-order valence-corrected chi connectivity index (χ4v) is 3.46. The van der Waals surface area contributed by atoms with Gasteiger partial charge in [0.05, 0.1) is 28.2 Å². The molecule has 136 valence electrons. The monoisotopic (exact) mass is 393 g/mol. The van der Waals surface area contributed by atoms with E-state index in [4.69, 9.17) is 21.1 Å². The molecule has 0 radical (unpaired) electrons. The van der Waals surface area contributed by atoms with Crippen LogP contribution in [-0.4, -0.2) is 38.7 Å². The number of nitrogens with zero attached hydrogens (tertiary/aromatic N) is 2. The van der Waals surface area contributed by atoms with E-state index in [1.54, 1.807) is 37.4 Å². The molecule has 0 atom stereocenters. The first-order valence-corrected chi connectivity index (χ1v) is 9.51. The molecule has 3 rings (SSSR count). The Balaban J connectivity index is 1.83. The molecule has 0 aliphatic heterocycles. The highest BCUT2D eigenvalue weighted by atomic mass is 35.5. The van der Waals surface area contributed by atoms with E-state index in [9.17, 15) is 8.42 Å². The number of aromatic nitrogens is 2. The first-order chi connectivity index (χ1) is 12.5. The fourth-order valence-electron chi connectivity index (χ4n) is 2.23. The van der Waals surface area contributed by atoms with Gasteiger partial charge < -0.3 is 9.47 Å². The van der Waals surface area contributed by atoms with Crippen molar-refractivity contribution < 1.29 is 17.9 Å². The summed E-state index contributed by atoms with van der Waals surface area (Å²) in [4.78, 5) is 8.47. The molecule has 1 heterocycles. The number of hydrogen-bond donors (Lipinski definition) is 1. The molecule has 26 heavy (non-hydrogen) atoms. The maximum Gasteiger partial charge on any atom is 0.263 e. The molecule has 0 aliphatic carbocycles. The van der Waals surface area contributed by atoms with E-state index in [-0.39, 0.29) is 10.7 Å². The summed E-state index contributed by atoms with van der Waals surface area (Å²) in [5, 5.41) is 0.449. The molecular formula is C17H16ClN3O4S. The third-order valence-corrected chi connectivity index (χ3v) is 5.09. The fraction of sp³-hybridized carbons (Fsp3) is 0.176. The number of methoxy groups -OCH3 is 1. The van der Waals surface area contributed by atoms with Crippen molar-refractivity contribution in [1.82, 2.24) is 9.97 Å². The second-order valence-corrected chi connectivity index (χ2v) is 7.37. The second-order valence-electron chi connectivity index (χ2n) is 5.28. The topological polar surface area (TPSA) is 90.4 Å². The molecule has 0 saturated heterocycles. The van der Waals surface area contributed by atoms with Gasteiger partial charge in [-0.05, 0) is 24.3 Å². The summed E-state index contributed by atoms with van der Waals surface area (Å²) in [7, 11) is -2.28. The van der Waals surface area contributed by atoms with Crippen LogP contribution in [0.15, 0.2) is 53.6 Å². The molecule has 1 aromatic heterocycles. The van der Waals surface area contributed by atoms with Gasteiger partial charge in [-0.1, -0.05) is 23.7 Å². The average molecular weight is 394 g/mol. The van der Waals surface area contributed by atoms with Crippen LogP contribution in [-0.2, 0) is 14.8 Å². The zero-order chi connectivity index (χ0) is 18.6. The second kappa shape index (κ2) is 7.86. The van der Waals surface area contributed by atoms with Crippen molar-refractivity contribution in [3.8, 4) is 5.75 Å². The zero-order valence-corrected chi connectivity index (χ0v) is 15.4. The van der Waals surface area contributed by atoms with E-state index < -0.39 is 10.0 Å². The lowest BCUT2D eigenvalue weighted by atomic mass is 10.3. The summed E-state index contributed by atoms with van der Waals surface area (Å²) in [5.41, 5.74) is 1.00. The summed E-state index contributed by atoms with van der Waals surface area (Å²) in [6.45, 7) is 0.731. The number of fused-ring (bicyclic) bond motifs is 1. The highest BCUT2D eigenvalue weighted by Crippen LogP contribution is 2.23. The average Bonchev–Trinajstić information content (AvgIpc) is 2.62. The van der Waals surface area contributed by atoms with Crippen LogP contribution in [0, 0.1) is 0 Å².